The molecule has 1 atom stereocenters. The average molecular weight is 313 g/mol. The molecule has 1 amide bonds. The monoisotopic (exact) mass is 312 g/mol. The summed E-state index contributed by atoms with van der Waals surface area (Å²) in [6, 6.07) is 5.14. The molecule has 4 nitrogen and oxygen atoms in total. The van der Waals surface area contributed by atoms with E-state index in [1.165, 1.54) is 0 Å². The topological polar surface area (TPSA) is 66.6 Å². The number of amides is 1. The Morgan fingerprint density at radius 2 is 2.28 bits per heavy atom. The van der Waals surface area contributed by atoms with Crippen molar-refractivity contribution in [2.24, 2.45) is 0 Å². The van der Waals surface area contributed by atoms with Gasteiger partial charge in [0, 0.05) is 16.7 Å². The summed E-state index contributed by atoms with van der Waals surface area (Å²) in [7, 11) is 0. The van der Waals surface area contributed by atoms with Gasteiger partial charge in [-0.1, -0.05) is 0 Å². The molecule has 0 aliphatic carbocycles. The molecule has 1 aliphatic rings. The summed E-state index contributed by atoms with van der Waals surface area (Å²) < 4.78 is 0.740. The van der Waals surface area contributed by atoms with Crippen molar-refractivity contribution in [3.63, 3.8) is 0 Å². The summed E-state index contributed by atoms with van der Waals surface area (Å²) in [6.07, 6.45) is 2.91. The van der Waals surface area contributed by atoms with Crippen LogP contribution in [0.25, 0.3) is 0 Å². The first-order valence-electron chi connectivity index (χ1n) is 6.10. The molecule has 0 spiro atoms. The van der Waals surface area contributed by atoms with Gasteiger partial charge in [-0.2, -0.15) is 0 Å². The molecular weight excluding hydrogens is 296 g/mol. The number of halogens is 1. The molecule has 1 unspecified atom stereocenters. The van der Waals surface area contributed by atoms with Crippen LogP contribution in [0.5, 0.6) is 0 Å². The van der Waals surface area contributed by atoms with Gasteiger partial charge in [-0.25, -0.2) is 0 Å². The molecule has 1 aromatic carbocycles. The van der Waals surface area contributed by atoms with Crippen molar-refractivity contribution in [2.75, 3.05) is 18.9 Å². The van der Waals surface area contributed by atoms with Crippen molar-refractivity contribution >= 4 is 27.5 Å². The molecule has 1 heterocycles. The number of hydrogen-bond acceptors (Lipinski definition) is 3. The number of carbonyl (C=O) groups is 1. The molecule has 18 heavy (non-hydrogen) atoms. The molecule has 5 heteroatoms. The summed E-state index contributed by atoms with van der Waals surface area (Å²) in [4.78, 5) is 14.2. The van der Waals surface area contributed by atoms with E-state index in [-0.39, 0.29) is 18.6 Å². The highest BCUT2D eigenvalue weighted by Crippen LogP contribution is 2.25. The smallest absolute Gasteiger partial charge is 0.255 e. The van der Waals surface area contributed by atoms with Gasteiger partial charge in [0.15, 0.2) is 0 Å². The highest BCUT2D eigenvalue weighted by atomic mass is 79.9. The number of aliphatic hydroxyl groups is 1. The van der Waals surface area contributed by atoms with E-state index in [1.54, 1.807) is 23.1 Å². The summed E-state index contributed by atoms with van der Waals surface area (Å²) >= 11 is 3.37. The normalized spacial score (nSPS) is 19.9. The number of rotatable bonds is 2. The van der Waals surface area contributed by atoms with E-state index in [9.17, 15) is 9.90 Å². The van der Waals surface area contributed by atoms with Gasteiger partial charge in [0.05, 0.1) is 18.2 Å². The molecule has 1 aliphatic heterocycles. The largest absolute Gasteiger partial charge is 0.399 e. The molecule has 1 saturated heterocycles. The van der Waals surface area contributed by atoms with Crippen LogP contribution >= 0.6 is 15.9 Å². The van der Waals surface area contributed by atoms with Gasteiger partial charge in [0.25, 0.3) is 5.91 Å². The van der Waals surface area contributed by atoms with Gasteiger partial charge in [0.1, 0.15) is 0 Å². The molecule has 2 rings (SSSR count). The number of nitrogen functional groups attached to an aromatic ring is 1. The van der Waals surface area contributed by atoms with E-state index in [0.29, 0.717) is 17.8 Å². The summed E-state index contributed by atoms with van der Waals surface area (Å²) in [5.74, 6) is -0.0621. The third-order valence-corrected chi connectivity index (χ3v) is 4.01. The van der Waals surface area contributed by atoms with E-state index in [2.05, 4.69) is 15.9 Å². The zero-order valence-electron chi connectivity index (χ0n) is 10.1. The van der Waals surface area contributed by atoms with E-state index in [0.717, 1.165) is 23.7 Å². The Labute approximate surface area is 115 Å². The second-order valence-corrected chi connectivity index (χ2v) is 5.42. The third kappa shape index (κ3) is 2.67. The number of hydrogen-bond donors (Lipinski definition) is 2. The van der Waals surface area contributed by atoms with Crippen LogP contribution in [-0.2, 0) is 0 Å². The van der Waals surface area contributed by atoms with Gasteiger partial charge in [-0.3, -0.25) is 4.79 Å². The maximum absolute atomic E-state index is 12.5. The number of carbonyl (C=O) groups excluding carboxylic acids is 1. The number of likely N-dealkylation sites (tertiary alicyclic amines) is 1. The predicted molar refractivity (Wildman–Crippen MR) is 74.3 cm³/mol. The summed E-state index contributed by atoms with van der Waals surface area (Å²) in [5.41, 5.74) is 6.85. The Bertz CT molecular complexity index is 451. The lowest BCUT2D eigenvalue weighted by molar-refractivity contribution is 0.0502. The second-order valence-electron chi connectivity index (χ2n) is 4.57. The minimum atomic E-state index is -0.0698. The number of piperidine rings is 1. The molecule has 1 fully saturated rings. The van der Waals surface area contributed by atoms with Crippen LogP contribution in [0.15, 0.2) is 22.7 Å². The lowest BCUT2D eigenvalue weighted by Crippen LogP contribution is -2.45. The first kappa shape index (κ1) is 13.4. The lowest BCUT2D eigenvalue weighted by atomic mass is 10.0. The van der Waals surface area contributed by atoms with Gasteiger partial charge in [-0.05, 0) is 53.4 Å². The minimum Gasteiger partial charge on any atom is -0.399 e. The standard InChI is InChI=1S/C13H17BrN2O2/c14-12-5-4-9(15)7-11(12)13(18)16-6-2-1-3-10(16)8-17/h4-5,7,10,17H,1-3,6,8,15H2. The van der Waals surface area contributed by atoms with Crippen molar-refractivity contribution < 1.29 is 9.90 Å². The number of anilines is 1. The molecule has 0 saturated carbocycles. The minimum absolute atomic E-state index is 0.0195. The fourth-order valence-electron chi connectivity index (χ4n) is 2.32. The van der Waals surface area contributed by atoms with E-state index in [1.807, 2.05) is 0 Å². The molecule has 3 N–H and O–H groups in total. The third-order valence-electron chi connectivity index (χ3n) is 3.32. The van der Waals surface area contributed by atoms with Crippen LogP contribution in [0.2, 0.25) is 0 Å². The number of nitrogens with two attached hydrogens (primary N) is 1. The Morgan fingerprint density at radius 1 is 1.50 bits per heavy atom. The first-order valence-corrected chi connectivity index (χ1v) is 6.89. The Hall–Kier alpha value is -1.07. The SMILES string of the molecule is Nc1ccc(Br)c(C(=O)N2CCCCC2CO)c1. The van der Waals surface area contributed by atoms with Crippen molar-refractivity contribution in [3.05, 3.63) is 28.2 Å². The molecule has 0 radical (unpaired) electrons. The zero-order valence-corrected chi connectivity index (χ0v) is 11.7. The van der Waals surface area contributed by atoms with E-state index >= 15 is 0 Å². The first-order chi connectivity index (χ1) is 8.63. The van der Waals surface area contributed by atoms with Gasteiger partial charge in [-0.15, -0.1) is 0 Å². The fraction of sp³-hybridized carbons (Fsp3) is 0.462. The van der Waals surface area contributed by atoms with Crippen LogP contribution in [0.1, 0.15) is 29.6 Å². The summed E-state index contributed by atoms with van der Waals surface area (Å²) in [6.45, 7) is 0.719. The van der Waals surface area contributed by atoms with Crippen molar-refractivity contribution in [1.29, 1.82) is 0 Å². The number of aliphatic hydroxyl groups excluding tert-OH is 1. The van der Waals surface area contributed by atoms with Crippen molar-refractivity contribution in [1.82, 2.24) is 4.90 Å². The zero-order chi connectivity index (χ0) is 13.1. The molecule has 1 aromatic rings. The fourth-order valence-corrected chi connectivity index (χ4v) is 2.74. The van der Waals surface area contributed by atoms with Crippen LogP contribution < -0.4 is 5.73 Å². The Kier molecular flexibility index (Phi) is 4.24. The summed E-state index contributed by atoms with van der Waals surface area (Å²) in [5, 5.41) is 9.35. The number of nitrogens with zero attached hydrogens (tertiary/aromatic N) is 1. The molecule has 98 valence electrons. The highest BCUT2D eigenvalue weighted by Gasteiger charge is 2.27. The van der Waals surface area contributed by atoms with Crippen LogP contribution in [0.4, 0.5) is 5.69 Å². The van der Waals surface area contributed by atoms with Crippen LogP contribution in [0, 0.1) is 0 Å². The Balaban J connectivity index is 2.26. The molecule has 0 bridgehead atoms. The number of benzene rings is 1. The maximum atomic E-state index is 12.5. The molecular formula is C13H17BrN2O2. The van der Waals surface area contributed by atoms with Crippen LogP contribution in [0.3, 0.4) is 0 Å². The Morgan fingerprint density at radius 3 is 3.00 bits per heavy atom. The second kappa shape index (κ2) is 5.71. The van der Waals surface area contributed by atoms with Crippen molar-refractivity contribution in [3.8, 4) is 0 Å². The predicted octanol–water partition coefficient (Wildman–Crippen LogP) is 2.02. The van der Waals surface area contributed by atoms with Crippen LogP contribution in [-0.4, -0.2) is 35.1 Å². The lowest BCUT2D eigenvalue weighted by Gasteiger charge is -2.34. The van der Waals surface area contributed by atoms with Crippen molar-refractivity contribution in [2.45, 2.75) is 25.3 Å². The maximum Gasteiger partial charge on any atom is 0.255 e. The highest BCUT2D eigenvalue weighted by molar-refractivity contribution is 9.10. The van der Waals surface area contributed by atoms with E-state index in [4.69, 9.17) is 5.73 Å². The molecule has 0 aromatic heterocycles. The van der Waals surface area contributed by atoms with E-state index < -0.39 is 0 Å². The van der Waals surface area contributed by atoms with Gasteiger partial charge < -0.3 is 15.7 Å². The van der Waals surface area contributed by atoms with Gasteiger partial charge in [0.2, 0.25) is 0 Å². The average Bonchev–Trinajstić information content (AvgIpc) is 2.40. The van der Waals surface area contributed by atoms with Gasteiger partial charge >= 0.3 is 0 Å². The quantitative estimate of drug-likeness (QED) is 0.821.